The van der Waals surface area contributed by atoms with E-state index in [1.54, 1.807) is 6.20 Å². The minimum atomic E-state index is -0.422. The van der Waals surface area contributed by atoms with Gasteiger partial charge >= 0.3 is 6.09 Å². The second kappa shape index (κ2) is 4.61. The first-order chi connectivity index (χ1) is 7.77. The van der Waals surface area contributed by atoms with Gasteiger partial charge in [0.25, 0.3) is 0 Å². The molecule has 0 aliphatic rings. The van der Waals surface area contributed by atoms with E-state index in [1.165, 1.54) is 17.1 Å². The number of carbonyl (C=O) groups excluding carboxylic acids is 1. The number of hydrogen-bond acceptors (Lipinski definition) is 3. The molecule has 0 unspecified atom stereocenters. The van der Waals surface area contributed by atoms with Crippen LogP contribution in [0.4, 0.5) is 4.79 Å². The lowest BCUT2D eigenvalue weighted by atomic mass is 10.1. The first kappa shape index (κ1) is 10.4. The van der Waals surface area contributed by atoms with Crippen molar-refractivity contribution in [1.29, 1.82) is 0 Å². The maximum Gasteiger partial charge on any atom is 0.419 e. The van der Waals surface area contributed by atoms with Crippen LogP contribution in [0.15, 0.2) is 49.1 Å². The maximum atomic E-state index is 11.6. The van der Waals surface area contributed by atoms with Crippen molar-refractivity contribution >= 4 is 6.09 Å². The normalized spacial score (nSPS) is 12.1. The second-order valence-corrected chi connectivity index (χ2v) is 3.41. The largest absolute Gasteiger partial charge is 0.441 e. The molecule has 4 nitrogen and oxygen atoms in total. The fraction of sp³-hybridized carbons (Fsp3) is 0.167. The highest BCUT2D eigenvalue weighted by molar-refractivity contribution is 5.70. The summed E-state index contributed by atoms with van der Waals surface area (Å²) in [6.45, 7) is 1.84. The van der Waals surface area contributed by atoms with Gasteiger partial charge in [-0.15, -0.1) is 0 Å². The molecule has 0 fully saturated rings. The van der Waals surface area contributed by atoms with Crippen LogP contribution in [0.3, 0.4) is 0 Å². The summed E-state index contributed by atoms with van der Waals surface area (Å²) in [6, 6.07) is 9.60. The topological polar surface area (TPSA) is 44.1 Å². The molecule has 1 aromatic heterocycles. The van der Waals surface area contributed by atoms with Crippen LogP contribution in [0.2, 0.25) is 0 Å². The van der Waals surface area contributed by atoms with Gasteiger partial charge < -0.3 is 4.74 Å². The van der Waals surface area contributed by atoms with Crippen molar-refractivity contribution < 1.29 is 9.53 Å². The molecule has 0 N–H and O–H groups in total. The molecular formula is C12H12N2O2. The Labute approximate surface area is 93.5 Å². The van der Waals surface area contributed by atoms with Gasteiger partial charge in [0, 0.05) is 12.4 Å². The van der Waals surface area contributed by atoms with Crippen molar-refractivity contribution in [2.24, 2.45) is 0 Å². The van der Waals surface area contributed by atoms with Gasteiger partial charge in [-0.05, 0) is 12.5 Å². The third-order valence-electron chi connectivity index (χ3n) is 2.26. The average molecular weight is 216 g/mol. The molecule has 0 bridgehead atoms. The van der Waals surface area contributed by atoms with E-state index in [0.717, 1.165) is 5.56 Å². The smallest absolute Gasteiger partial charge is 0.419 e. The zero-order chi connectivity index (χ0) is 11.4. The molecule has 0 radical (unpaired) electrons. The summed E-state index contributed by atoms with van der Waals surface area (Å²) in [5.74, 6) is 0. The lowest BCUT2D eigenvalue weighted by molar-refractivity contribution is 0.108. The van der Waals surface area contributed by atoms with Gasteiger partial charge in [-0.2, -0.15) is 0 Å². The van der Waals surface area contributed by atoms with Crippen molar-refractivity contribution in [3.63, 3.8) is 0 Å². The predicted molar refractivity (Wildman–Crippen MR) is 59.0 cm³/mol. The molecule has 4 heteroatoms. The van der Waals surface area contributed by atoms with Gasteiger partial charge in [-0.25, -0.2) is 14.3 Å². The van der Waals surface area contributed by atoms with E-state index in [-0.39, 0.29) is 6.10 Å². The summed E-state index contributed by atoms with van der Waals surface area (Å²) in [6.07, 6.45) is 3.82. The molecule has 1 aromatic carbocycles. The average Bonchev–Trinajstić information content (AvgIpc) is 2.83. The number of nitrogens with zero attached hydrogens (tertiary/aromatic N) is 2. The van der Waals surface area contributed by atoms with E-state index in [1.807, 2.05) is 37.3 Å². The highest BCUT2D eigenvalue weighted by atomic mass is 16.6. The monoisotopic (exact) mass is 216 g/mol. The van der Waals surface area contributed by atoms with Gasteiger partial charge in [-0.3, -0.25) is 0 Å². The first-order valence-corrected chi connectivity index (χ1v) is 5.01. The molecule has 0 saturated heterocycles. The van der Waals surface area contributed by atoms with Gasteiger partial charge in [0.1, 0.15) is 12.4 Å². The fourth-order valence-electron chi connectivity index (χ4n) is 1.37. The summed E-state index contributed by atoms with van der Waals surface area (Å²) in [4.78, 5) is 15.4. The zero-order valence-electron chi connectivity index (χ0n) is 8.91. The summed E-state index contributed by atoms with van der Waals surface area (Å²) in [5, 5.41) is 0. The van der Waals surface area contributed by atoms with Crippen LogP contribution in [0.1, 0.15) is 18.6 Å². The Balaban J connectivity index is 2.03. The molecule has 0 aliphatic heterocycles. The van der Waals surface area contributed by atoms with E-state index in [9.17, 15) is 4.79 Å². The molecule has 82 valence electrons. The minimum absolute atomic E-state index is 0.268. The second-order valence-electron chi connectivity index (χ2n) is 3.41. The Morgan fingerprint density at radius 3 is 2.75 bits per heavy atom. The van der Waals surface area contributed by atoms with Crippen molar-refractivity contribution in [2.75, 3.05) is 0 Å². The first-order valence-electron chi connectivity index (χ1n) is 5.01. The van der Waals surface area contributed by atoms with Crippen molar-refractivity contribution in [3.05, 3.63) is 54.6 Å². The number of ether oxygens (including phenoxy) is 1. The molecule has 0 saturated carbocycles. The Kier molecular flexibility index (Phi) is 3.00. The quantitative estimate of drug-likeness (QED) is 0.775. The third kappa shape index (κ3) is 2.28. The fourth-order valence-corrected chi connectivity index (χ4v) is 1.37. The Bertz CT molecular complexity index is 451. The highest BCUT2D eigenvalue weighted by Crippen LogP contribution is 2.16. The summed E-state index contributed by atoms with van der Waals surface area (Å²) < 4.78 is 6.57. The molecular weight excluding hydrogens is 204 g/mol. The Morgan fingerprint density at radius 2 is 2.12 bits per heavy atom. The minimum Gasteiger partial charge on any atom is -0.441 e. The number of carbonyl (C=O) groups is 1. The van der Waals surface area contributed by atoms with E-state index in [2.05, 4.69) is 4.98 Å². The molecule has 1 heterocycles. The number of rotatable bonds is 2. The highest BCUT2D eigenvalue weighted by Gasteiger charge is 2.12. The zero-order valence-corrected chi connectivity index (χ0v) is 8.91. The molecule has 2 rings (SSSR count). The molecule has 2 aromatic rings. The van der Waals surface area contributed by atoms with Gasteiger partial charge in [0.2, 0.25) is 0 Å². The van der Waals surface area contributed by atoms with E-state index >= 15 is 0 Å². The Morgan fingerprint density at radius 1 is 1.38 bits per heavy atom. The lowest BCUT2D eigenvalue weighted by Crippen LogP contribution is -2.14. The molecule has 0 spiro atoms. The van der Waals surface area contributed by atoms with E-state index in [0.29, 0.717) is 0 Å². The van der Waals surface area contributed by atoms with Crippen LogP contribution in [-0.4, -0.2) is 15.6 Å². The predicted octanol–water partition coefficient (Wildman–Crippen LogP) is 2.63. The van der Waals surface area contributed by atoms with Crippen LogP contribution < -0.4 is 0 Å². The summed E-state index contributed by atoms with van der Waals surface area (Å²) >= 11 is 0. The van der Waals surface area contributed by atoms with Crippen molar-refractivity contribution in [1.82, 2.24) is 9.55 Å². The van der Waals surface area contributed by atoms with Crippen molar-refractivity contribution in [3.8, 4) is 0 Å². The third-order valence-corrected chi connectivity index (χ3v) is 2.26. The van der Waals surface area contributed by atoms with Crippen LogP contribution in [-0.2, 0) is 4.74 Å². The number of aromatic nitrogens is 2. The molecule has 1 atom stereocenters. The van der Waals surface area contributed by atoms with Gasteiger partial charge in [0.05, 0.1) is 0 Å². The van der Waals surface area contributed by atoms with Gasteiger partial charge in [0.15, 0.2) is 0 Å². The summed E-state index contributed by atoms with van der Waals surface area (Å²) in [5.41, 5.74) is 0.968. The number of benzene rings is 1. The number of imidazole rings is 1. The van der Waals surface area contributed by atoms with Crippen molar-refractivity contribution in [2.45, 2.75) is 13.0 Å². The maximum absolute atomic E-state index is 11.6. The van der Waals surface area contributed by atoms with E-state index in [4.69, 9.17) is 4.74 Å². The summed E-state index contributed by atoms with van der Waals surface area (Å²) in [7, 11) is 0. The van der Waals surface area contributed by atoms with E-state index < -0.39 is 6.09 Å². The van der Waals surface area contributed by atoms with Crippen LogP contribution in [0, 0.1) is 0 Å². The van der Waals surface area contributed by atoms with Crippen LogP contribution in [0.25, 0.3) is 0 Å². The molecule has 0 aliphatic carbocycles. The van der Waals surface area contributed by atoms with Crippen LogP contribution >= 0.6 is 0 Å². The van der Waals surface area contributed by atoms with Gasteiger partial charge in [-0.1, -0.05) is 30.3 Å². The lowest BCUT2D eigenvalue weighted by Gasteiger charge is -2.13. The number of hydrogen-bond donors (Lipinski definition) is 0. The molecule has 16 heavy (non-hydrogen) atoms. The standard InChI is InChI=1S/C12H12N2O2/c1-10(11-5-3-2-4-6-11)16-12(15)14-8-7-13-9-14/h2-10H,1H3/t10-/m1/s1. The van der Waals surface area contributed by atoms with Crippen LogP contribution in [0.5, 0.6) is 0 Å². The molecule has 0 amide bonds. The SMILES string of the molecule is C[C@@H](OC(=O)n1ccnc1)c1ccccc1. The Hall–Kier alpha value is -2.10.